The van der Waals surface area contributed by atoms with E-state index >= 15 is 0 Å². The zero-order valence-electron chi connectivity index (χ0n) is 14.4. The molecule has 5 nitrogen and oxygen atoms in total. The quantitative estimate of drug-likeness (QED) is 0.732. The highest BCUT2D eigenvalue weighted by Crippen LogP contribution is 2.19. The highest BCUT2D eigenvalue weighted by molar-refractivity contribution is 6.05. The lowest BCUT2D eigenvalue weighted by molar-refractivity contribution is -0.116. The molecule has 0 aromatic heterocycles. The van der Waals surface area contributed by atoms with Crippen molar-refractivity contribution in [1.82, 2.24) is 0 Å². The highest BCUT2D eigenvalue weighted by atomic mass is 35.5. The molecule has 0 saturated heterocycles. The number of hydrogen-bond donors (Lipinski definition) is 3. The number of benzene rings is 2. The molecule has 0 aliphatic rings. The first-order valence-corrected chi connectivity index (χ1v) is 7.98. The molecule has 0 radical (unpaired) electrons. The molecule has 2 aromatic rings. The third-order valence-corrected chi connectivity index (χ3v) is 3.63. The lowest BCUT2D eigenvalue weighted by atomic mass is 10.1. The average Bonchev–Trinajstić information content (AvgIpc) is 2.56. The van der Waals surface area contributed by atoms with Crippen LogP contribution in [0.5, 0.6) is 0 Å². The Bertz CT molecular complexity index is 718. The largest absolute Gasteiger partial charge is 0.328 e. The molecule has 2 amide bonds. The molecule has 1 atom stereocenters. The first-order valence-electron chi connectivity index (χ1n) is 7.98. The van der Waals surface area contributed by atoms with Gasteiger partial charge in [0.15, 0.2) is 0 Å². The topological polar surface area (TPSA) is 84.2 Å². The molecule has 2 rings (SSSR count). The number of nitrogens with one attached hydrogen (secondary N) is 2. The maximum atomic E-state index is 12.3. The van der Waals surface area contributed by atoms with E-state index in [0.717, 1.165) is 11.3 Å². The summed E-state index contributed by atoms with van der Waals surface area (Å²) in [5.74, 6) is -0.316. The minimum Gasteiger partial charge on any atom is -0.328 e. The fraction of sp³-hybridized carbons (Fsp3) is 0.263. The van der Waals surface area contributed by atoms with Crippen molar-refractivity contribution in [3.63, 3.8) is 0 Å². The van der Waals surface area contributed by atoms with Crippen molar-refractivity contribution < 1.29 is 9.59 Å². The second-order valence-corrected chi connectivity index (χ2v) is 5.91. The summed E-state index contributed by atoms with van der Waals surface area (Å²) in [6.45, 7) is 3.76. The lowest BCUT2D eigenvalue weighted by Gasteiger charge is -2.12. The van der Waals surface area contributed by atoms with Crippen LogP contribution in [0.1, 0.15) is 35.7 Å². The third-order valence-electron chi connectivity index (χ3n) is 3.63. The molecule has 25 heavy (non-hydrogen) atoms. The fourth-order valence-corrected chi connectivity index (χ4v) is 2.19. The van der Waals surface area contributed by atoms with Crippen molar-refractivity contribution in [3.05, 3.63) is 59.7 Å². The minimum absolute atomic E-state index is 0. The number of nitrogens with two attached hydrogens (primary N) is 1. The van der Waals surface area contributed by atoms with Gasteiger partial charge in [-0.2, -0.15) is 0 Å². The van der Waals surface area contributed by atoms with E-state index in [9.17, 15) is 9.59 Å². The predicted octanol–water partition coefficient (Wildman–Crippen LogP) is 3.74. The van der Waals surface area contributed by atoms with Crippen molar-refractivity contribution in [2.45, 2.75) is 32.7 Å². The van der Waals surface area contributed by atoms with E-state index < -0.39 is 0 Å². The van der Waals surface area contributed by atoms with Crippen LogP contribution in [-0.4, -0.2) is 17.9 Å². The molecule has 134 valence electrons. The van der Waals surface area contributed by atoms with E-state index in [2.05, 4.69) is 10.6 Å². The summed E-state index contributed by atoms with van der Waals surface area (Å²) in [6, 6.07) is 14.5. The van der Waals surface area contributed by atoms with Crippen molar-refractivity contribution in [3.8, 4) is 0 Å². The van der Waals surface area contributed by atoms with Gasteiger partial charge in [-0.1, -0.05) is 24.3 Å². The van der Waals surface area contributed by atoms with E-state index in [0.29, 0.717) is 24.1 Å². The van der Waals surface area contributed by atoms with Crippen molar-refractivity contribution in [2.75, 3.05) is 10.6 Å². The Balaban J connectivity index is 0.00000312. The van der Waals surface area contributed by atoms with Gasteiger partial charge in [-0.05, 0) is 50.1 Å². The Morgan fingerprint density at radius 3 is 2.40 bits per heavy atom. The summed E-state index contributed by atoms with van der Waals surface area (Å²) in [7, 11) is 0. The van der Waals surface area contributed by atoms with Gasteiger partial charge in [0.05, 0.1) is 0 Å². The molecule has 0 bridgehead atoms. The first kappa shape index (κ1) is 20.7. The number of carbonyl (C=O) groups is 2. The Morgan fingerprint density at radius 1 is 1.08 bits per heavy atom. The van der Waals surface area contributed by atoms with Crippen LogP contribution in [-0.2, 0) is 4.79 Å². The van der Waals surface area contributed by atoms with Crippen LogP contribution in [0, 0.1) is 6.92 Å². The number of rotatable bonds is 6. The Kier molecular flexibility index (Phi) is 8.11. The van der Waals surface area contributed by atoms with Crippen LogP contribution < -0.4 is 16.4 Å². The molecule has 0 aliphatic heterocycles. The summed E-state index contributed by atoms with van der Waals surface area (Å²) < 4.78 is 0. The summed E-state index contributed by atoms with van der Waals surface area (Å²) >= 11 is 0. The van der Waals surface area contributed by atoms with Gasteiger partial charge >= 0.3 is 0 Å². The van der Waals surface area contributed by atoms with Gasteiger partial charge in [0.1, 0.15) is 0 Å². The standard InChI is InChI=1S/C19H23N3O2.ClH/c1-13-8-10-15(19(24)21-16-6-4-3-5-7-16)12-17(13)22-18(23)11-9-14(2)20;/h3-8,10,12,14H,9,11,20H2,1-2H3,(H,21,24)(H,22,23);1H. The van der Waals surface area contributed by atoms with E-state index in [1.54, 1.807) is 12.1 Å². The third kappa shape index (κ3) is 6.57. The number of carbonyl (C=O) groups excluding carboxylic acids is 2. The van der Waals surface area contributed by atoms with Crippen molar-refractivity contribution in [2.24, 2.45) is 5.73 Å². The van der Waals surface area contributed by atoms with Crippen LogP contribution >= 0.6 is 12.4 Å². The Labute approximate surface area is 154 Å². The summed E-state index contributed by atoms with van der Waals surface area (Å²) in [5, 5.41) is 5.68. The zero-order valence-corrected chi connectivity index (χ0v) is 15.2. The van der Waals surface area contributed by atoms with Gasteiger partial charge in [0.25, 0.3) is 5.91 Å². The van der Waals surface area contributed by atoms with Gasteiger partial charge in [-0.15, -0.1) is 12.4 Å². The van der Waals surface area contributed by atoms with E-state index in [4.69, 9.17) is 5.73 Å². The normalized spacial score (nSPS) is 11.2. The van der Waals surface area contributed by atoms with Crippen LogP contribution in [0.3, 0.4) is 0 Å². The summed E-state index contributed by atoms with van der Waals surface area (Å²) in [4.78, 5) is 24.3. The smallest absolute Gasteiger partial charge is 0.255 e. The second-order valence-electron chi connectivity index (χ2n) is 5.91. The van der Waals surface area contributed by atoms with Gasteiger partial charge in [0, 0.05) is 29.4 Å². The number of hydrogen-bond acceptors (Lipinski definition) is 3. The molecule has 0 fully saturated rings. The number of aryl methyl sites for hydroxylation is 1. The number of amides is 2. The highest BCUT2D eigenvalue weighted by Gasteiger charge is 2.11. The number of anilines is 2. The molecule has 0 spiro atoms. The zero-order chi connectivity index (χ0) is 17.5. The van der Waals surface area contributed by atoms with Crippen LogP contribution in [0.2, 0.25) is 0 Å². The van der Waals surface area contributed by atoms with Crippen molar-refractivity contribution in [1.29, 1.82) is 0 Å². The van der Waals surface area contributed by atoms with E-state index in [1.165, 1.54) is 0 Å². The van der Waals surface area contributed by atoms with E-state index in [-0.39, 0.29) is 30.3 Å². The van der Waals surface area contributed by atoms with Gasteiger partial charge in [-0.25, -0.2) is 0 Å². The molecule has 6 heteroatoms. The van der Waals surface area contributed by atoms with Crippen LogP contribution in [0.15, 0.2) is 48.5 Å². The van der Waals surface area contributed by atoms with E-state index in [1.807, 2.05) is 50.2 Å². The maximum absolute atomic E-state index is 12.3. The Morgan fingerprint density at radius 2 is 1.76 bits per heavy atom. The number of para-hydroxylation sites is 1. The van der Waals surface area contributed by atoms with Gasteiger partial charge < -0.3 is 16.4 Å². The van der Waals surface area contributed by atoms with Crippen LogP contribution in [0.4, 0.5) is 11.4 Å². The first-order chi connectivity index (χ1) is 11.5. The molecular formula is C19H24ClN3O2. The van der Waals surface area contributed by atoms with Gasteiger partial charge in [0.2, 0.25) is 5.91 Å². The summed E-state index contributed by atoms with van der Waals surface area (Å²) in [6.07, 6.45) is 0.983. The number of halogens is 1. The average molecular weight is 362 g/mol. The molecule has 1 unspecified atom stereocenters. The SMILES string of the molecule is Cc1ccc(C(=O)Nc2ccccc2)cc1NC(=O)CCC(C)N.Cl. The Hall–Kier alpha value is -2.37. The fourth-order valence-electron chi connectivity index (χ4n) is 2.19. The summed E-state index contributed by atoms with van der Waals surface area (Å²) in [5.41, 5.74) is 8.44. The molecular weight excluding hydrogens is 338 g/mol. The lowest BCUT2D eigenvalue weighted by Crippen LogP contribution is -2.20. The second kappa shape index (κ2) is 9.81. The predicted molar refractivity (Wildman–Crippen MR) is 104 cm³/mol. The maximum Gasteiger partial charge on any atom is 0.255 e. The molecule has 4 N–H and O–H groups in total. The monoisotopic (exact) mass is 361 g/mol. The molecule has 0 heterocycles. The van der Waals surface area contributed by atoms with Gasteiger partial charge in [-0.3, -0.25) is 9.59 Å². The minimum atomic E-state index is -0.215. The van der Waals surface area contributed by atoms with Crippen LogP contribution in [0.25, 0.3) is 0 Å². The molecule has 0 aliphatic carbocycles. The van der Waals surface area contributed by atoms with Crippen molar-refractivity contribution >= 4 is 35.6 Å². The molecule has 0 saturated carbocycles. The molecule has 2 aromatic carbocycles.